The standard InChI is InChI=1S/C22H16N2O4/c1-14(25)28-20-12-11-15-7-5-6-10-17(15)18(20)13-19-21(26)23-24(22(19)27)16-8-3-2-4-9-16/h2-13H,1H3,(H,23,26)/b19-13-. The van der Waals surface area contributed by atoms with E-state index >= 15 is 0 Å². The lowest BCUT2D eigenvalue weighted by Crippen LogP contribution is -2.35. The molecule has 0 radical (unpaired) electrons. The van der Waals surface area contributed by atoms with E-state index in [-0.39, 0.29) is 11.3 Å². The molecule has 0 atom stereocenters. The van der Waals surface area contributed by atoms with Crippen LogP contribution in [-0.4, -0.2) is 17.8 Å². The van der Waals surface area contributed by atoms with Crippen molar-refractivity contribution in [1.29, 1.82) is 0 Å². The molecular weight excluding hydrogens is 356 g/mol. The number of hydrogen-bond acceptors (Lipinski definition) is 4. The molecule has 4 rings (SSSR count). The Morgan fingerprint density at radius 1 is 0.964 bits per heavy atom. The number of benzene rings is 3. The third kappa shape index (κ3) is 3.12. The second-order valence-corrected chi connectivity index (χ2v) is 6.27. The second kappa shape index (κ2) is 7.00. The van der Waals surface area contributed by atoms with Gasteiger partial charge in [-0.05, 0) is 35.0 Å². The number of nitrogens with zero attached hydrogens (tertiary/aromatic N) is 1. The first-order chi connectivity index (χ1) is 13.5. The van der Waals surface area contributed by atoms with Gasteiger partial charge in [-0.25, -0.2) is 5.01 Å². The number of hydrazine groups is 1. The average molecular weight is 372 g/mol. The van der Waals surface area contributed by atoms with Crippen LogP contribution in [0.3, 0.4) is 0 Å². The monoisotopic (exact) mass is 372 g/mol. The average Bonchev–Trinajstić information content (AvgIpc) is 2.98. The predicted octanol–water partition coefficient (Wildman–Crippen LogP) is 3.23. The zero-order valence-electron chi connectivity index (χ0n) is 15.0. The van der Waals surface area contributed by atoms with Crippen molar-refractivity contribution in [1.82, 2.24) is 5.43 Å². The van der Waals surface area contributed by atoms with E-state index in [0.29, 0.717) is 11.3 Å². The zero-order chi connectivity index (χ0) is 19.7. The fourth-order valence-electron chi connectivity index (χ4n) is 3.13. The Labute approximate surface area is 161 Å². The van der Waals surface area contributed by atoms with E-state index in [2.05, 4.69) is 5.43 Å². The van der Waals surface area contributed by atoms with E-state index in [1.807, 2.05) is 36.4 Å². The van der Waals surface area contributed by atoms with Crippen LogP contribution in [0.2, 0.25) is 0 Å². The van der Waals surface area contributed by atoms with Crippen molar-refractivity contribution in [3.63, 3.8) is 0 Å². The van der Waals surface area contributed by atoms with Crippen LogP contribution in [0.25, 0.3) is 16.8 Å². The Bertz CT molecular complexity index is 1140. The van der Waals surface area contributed by atoms with E-state index in [1.165, 1.54) is 18.0 Å². The molecule has 0 aromatic heterocycles. The molecule has 1 N–H and O–H groups in total. The molecule has 0 bridgehead atoms. The van der Waals surface area contributed by atoms with Gasteiger partial charge in [-0.15, -0.1) is 0 Å². The van der Waals surface area contributed by atoms with E-state index in [4.69, 9.17) is 4.74 Å². The highest BCUT2D eigenvalue weighted by Crippen LogP contribution is 2.32. The van der Waals surface area contributed by atoms with E-state index in [0.717, 1.165) is 10.8 Å². The van der Waals surface area contributed by atoms with Crippen LogP contribution in [0.1, 0.15) is 12.5 Å². The molecule has 6 nitrogen and oxygen atoms in total. The van der Waals surface area contributed by atoms with Crippen LogP contribution in [-0.2, 0) is 14.4 Å². The molecular formula is C22H16N2O4. The molecule has 0 unspecified atom stereocenters. The van der Waals surface area contributed by atoms with Crippen LogP contribution in [0.4, 0.5) is 5.69 Å². The molecule has 3 aromatic carbocycles. The quantitative estimate of drug-likeness (QED) is 0.331. The molecule has 0 spiro atoms. The SMILES string of the molecule is CC(=O)Oc1ccc2ccccc2c1/C=C1/C(=O)NN(c2ccccc2)C1=O. The van der Waals surface area contributed by atoms with Gasteiger partial charge in [0.25, 0.3) is 11.8 Å². The van der Waals surface area contributed by atoms with E-state index in [1.54, 1.807) is 30.3 Å². The van der Waals surface area contributed by atoms with Gasteiger partial charge in [0.05, 0.1) is 5.69 Å². The molecule has 3 aromatic rings. The summed E-state index contributed by atoms with van der Waals surface area (Å²) in [5.41, 5.74) is 3.59. The molecule has 6 heteroatoms. The van der Waals surface area contributed by atoms with Gasteiger partial charge in [0.1, 0.15) is 11.3 Å². The first-order valence-electron chi connectivity index (χ1n) is 8.67. The fourth-order valence-corrected chi connectivity index (χ4v) is 3.13. The molecule has 1 aliphatic heterocycles. The fraction of sp³-hybridized carbons (Fsp3) is 0.0455. The number of ether oxygens (including phenoxy) is 1. The largest absolute Gasteiger partial charge is 0.426 e. The van der Waals surface area contributed by atoms with E-state index in [9.17, 15) is 14.4 Å². The summed E-state index contributed by atoms with van der Waals surface area (Å²) in [5.74, 6) is -1.19. The predicted molar refractivity (Wildman–Crippen MR) is 105 cm³/mol. The number of nitrogens with one attached hydrogen (secondary N) is 1. The van der Waals surface area contributed by atoms with Gasteiger partial charge in [-0.2, -0.15) is 0 Å². The highest BCUT2D eigenvalue weighted by molar-refractivity contribution is 6.32. The molecule has 1 saturated heterocycles. The first kappa shape index (κ1) is 17.5. The van der Waals surface area contributed by atoms with Gasteiger partial charge in [-0.3, -0.25) is 19.8 Å². The van der Waals surface area contributed by atoms with Crippen molar-refractivity contribution in [2.24, 2.45) is 0 Å². The van der Waals surface area contributed by atoms with Crippen molar-refractivity contribution >= 4 is 40.3 Å². The van der Waals surface area contributed by atoms with Gasteiger partial charge in [0, 0.05) is 12.5 Å². The number of amides is 2. The Morgan fingerprint density at radius 2 is 1.68 bits per heavy atom. The second-order valence-electron chi connectivity index (χ2n) is 6.27. The number of carbonyl (C=O) groups is 3. The summed E-state index contributed by atoms with van der Waals surface area (Å²) in [6.45, 7) is 1.30. The van der Waals surface area contributed by atoms with Crippen LogP contribution in [0, 0.1) is 0 Å². The lowest BCUT2D eigenvalue weighted by Gasteiger charge is -2.14. The number of rotatable bonds is 3. The maximum Gasteiger partial charge on any atom is 0.308 e. The molecule has 2 amide bonds. The maximum atomic E-state index is 12.9. The van der Waals surface area contributed by atoms with Crippen LogP contribution in [0.5, 0.6) is 5.75 Å². The van der Waals surface area contributed by atoms with E-state index < -0.39 is 17.8 Å². The van der Waals surface area contributed by atoms with Crippen molar-refractivity contribution in [3.05, 3.63) is 77.9 Å². The molecule has 1 heterocycles. The summed E-state index contributed by atoms with van der Waals surface area (Å²) >= 11 is 0. The molecule has 138 valence electrons. The van der Waals surface area contributed by atoms with Crippen LogP contribution in [0.15, 0.2) is 72.3 Å². The lowest BCUT2D eigenvalue weighted by molar-refractivity contribution is -0.131. The number of fused-ring (bicyclic) bond motifs is 1. The zero-order valence-corrected chi connectivity index (χ0v) is 15.0. The topological polar surface area (TPSA) is 75.7 Å². The Kier molecular flexibility index (Phi) is 4.37. The number of para-hydroxylation sites is 1. The van der Waals surface area contributed by atoms with Crippen LogP contribution >= 0.6 is 0 Å². The third-order valence-electron chi connectivity index (χ3n) is 4.38. The summed E-state index contributed by atoms with van der Waals surface area (Å²) in [7, 11) is 0. The molecule has 1 aliphatic rings. The van der Waals surface area contributed by atoms with Gasteiger partial charge < -0.3 is 4.74 Å². The number of carbonyl (C=O) groups excluding carboxylic acids is 3. The maximum absolute atomic E-state index is 12.9. The number of esters is 1. The molecule has 28 heavy (non-hydrogen) atoms. The smallest absolute Gasteiger partial charge is 0.308 e. The molecule has 1 fully saturated rings. The highest BCUT2D eigenvalue weighted by Gasteiger charge is 2.34. The minimum Gasteiger partial charge on any atom is -0.426 e. The van der Waals surface area contributed by atoms with Crippen molar-refractivity contribution < 1.29 is 19.1 Å². The van der Waals surface area contributed by atoms with Crippen LogP contribution < -0.4 is 15.2 Å². The molecule has 0 aliphatic carbocycles. The van der Waals surface area contributed by atoms with Crippen molar-refractivity contribution in [2.45, 2.75) is 6.92 Å². The summed E-state index contributed by atoms with van der Waals surface area (Å²) in [6, 6.07) is 19.8. The van der Waals surface area contributed by atoms with Gasteiger partial charge >= 0.3 is 5.97 Å². The van der Waals surface area contributed by atoms with Gasteiger partial charge in [0.15, 0.2) is 0 Å². The minimum atomic E-state index is -0.518. The number of anilines is 1. The Morgan fingerprint density at radius 3 is 2.43 bits per heavy atom. The normalized spacial score (nSPS) is 15.2. The summed E-state index contributed by atoms with van der Waals surface area (Å²) in [5, 5.41) is 2.87. The van der Waals surface area contributed by atoms with Gasteiger partial charge in [-0.1, -0.05) is 48.5 Å². The Hall–Kier alpha value is -3.93. The van der Waals surface area contributed by atoms with Gasteiger partial charge in [0.2, 0.25) is 0 Å². The summed E-state index contributed by atoms with van der Waals surface area (Å²) in [4.78, 5) is 36.9. The molecule has 0 saturated carbocycles. The number of hydrogen-bond donors (Lipinski definition) is 1. The third-order valence-corrected chi connectivity index (χ3v) is 4.38. The first-order valence-corrected chi connectivity index (χ1v) is 8.67. The summed E-state index contributed by atoms with van der Waals surface area (Å²) < 4.78 is 5.31. The Balaban J connectivity index is 1.84. The highest BCUT2D eigenvalue weighted by atomic mass is 16.5. The van der Waals surface area contributed by atoms with Crippen molar-refractivity contribution in [2.75, 3.05) is 5.01 Å². The summed E-state index contributed by atoms with van der Waals surface area (Å²) in [6.07, 6.45) is 1.47. The lowest BCUT2D eigenvalue weighted by atomic mass is 10.0. The minimum absolute atomic E-state index is 0.0337. The van der Waals surface area contributed by atoms with Crippen molar-refractivity contribution in [3.8, 4) is 5.75 Å².